The molecule has 112 valence electrons. The van der Waals surface area contributed by atoms with Gasteiger partial charge in [0.25, 0.3) is 0 Å². The molecule has 1 fully saturated rings. The molecule has 1 saturated heterocycles. The molecule has 1 aliphatic heterocycles. The van der Waals surface area contributed by atoms with Crippen molar-refractivity contribution in [1.29, 1.82) is 0 Å². The molecule has 0 radical (unpaired) electrons. The molecule has 3 heterocycles. The zero-order valence-corrected chi connectivity index (χ0v) is 12.4. The lowest BCUT2D eigenvalue weighted by Crippen LogP contribution is -2.35. The molecule has 0 spiro atoms. The van der Waals surface area contributed by atoms with Crippen molar-refractivity contribution >= 4 is 45.5 Å². The van der Waals surface area contributed by atoms with Crippen LogP contribution in [-0.2, 0) is 9.53 Å². The van der Waals surface area contributed by atoms with E-state index in [4.69, 9.17) is 15.6 Å². The molecule has 0 bridgehead atoms. The number of nitrogens with two attached hydrogens (primary N) is 1. The van der Waals surface area contributed by atoms with E-state index in [1.165, 1.54) is 10.9 Å². The van der Waals surface area contributed by atoms with Crippen molar-refractivity contribution in [2.24, 2.45) is 0 Å². The normalized spacial score (nSPS) is 29.1. The van der Waals surface area contributed by atoms with E-state index >= 15 is 0 Å². The third kappa shape index (κ3) is 2.21. The number of carbonyl (C=O) groups is 1. The number of hydrogen-bond donors (Lipinski definition) is 4. The summed E-state index contributed by atoms with van der Waals surface area (Å²) in [6, 6.07) is 0. The van der Waals surface area contributed by atoms with Gasteiger partial charge in [-0.05, 0) is 0 Å². The Hall–Kier alpha value is -1.57. The molecule has 4 atom stereocenters. The maximum atomic E-state index is 11.0. The predicted molar refractivity (Wildman–Crippen MR) is 76.0 cm³/mol. The standard InChI is InChI=1S/C10H10IN5O5/c11-10-14-6(12)2-7(15-10)16(1-13-2)8-4(18)3(17)5(21-8)9(19)20/h1,3-5,8,17-18H,(H,19,20)(H2,12,14,15)/t3-,4?,5+,8-/m1/s1. The Morgan fingerprint density at radius 3 is 2.71 bits per heavy atom. The van der Waals surface area contributed by atoms with Crippen molar-refractivity contribution in [2.45, 2.75) is 24.5 Å². The van der Waals surface area contributed by atoms with E-state index in [2.05, 4.69) is 15.0 Å². The molecule has 0 aromatic carbocycles. The quantitative estimate of drug-likeness (QED) is 0.352. The molecule has 5 N–H and O–H groups in total. The lowest BCUT2D eigenvalue weighted by molar-refractivity contribution is -0.155. The summed E-state index contributed by atoms with van der Waals surface area (Å²) in [5.41, 5.74) is 6.32. The Morgan fingerprint density at radius 2 is 2.10 bits per heavy atom. The summed E-state index contributed by atoms with van der Waals surface area (Å²) < 4.78 is 6.89. The molecule has 2 aromatic rings. The first kappa shape index (κ1) is 14.4. The lowest BCUT2D eigenvalue weighted by Gasteiger charge is -2.16. The number of aliphatic hydroxyl groups excluding tert-OH is 2. The number of nitrogen functional groups attached to an aromatic ring is 1. The van der Waals surface area contributed by atoms with Crippen LogP contribution in [0.15, 0.2) is 6.33 Å². The minimum absolute atomic E-state index is 0.158. The number of fused-ring (bicyclic) bond motifs is 1. The van der Waals surface area contributed by atoms with Crippen LogP contribution >= 0.6 is 22.6 Å². The molecule has 21 heavy (non-hydrogen) atoms. The van der Waals surface area contributed by atoms with Gasteiger partial charge in [0.05, 0.1) is 6.33 Å². The smallest absolute Gasteiger partial charge is 0.335 e. The first-order valence-corrected chi connectivity index (χ1v) is 6.88. The largest absolute Gasteiger partial charge is 0.479 e. The van der Waals surface area contributed by atoms with Gasteiger partial charge in [-0.3, -0.25) is 4.57 Å². The molecule has 10 nitrogen and oxygen atoms in total. The molecule has 3 rings (SSSR count). The molecule has 0 amide bonds. The Kier molecular flexibility index (Phi) is 3.43. The number of carboxylic acid groups (broad SMARTS) is 1. The van der Waals surface area contributed by atoms with Crippen LogP contribution in [0, 0.1) is 3.83 Å². The van der Waals surface area contributed by atoms with Crippen LogP contribution in [0.1, 0.15) is 6.23 Å². The molecular formula is C10H10IN5O5. The van der Waals surface area contributed by atoms with E-state index in [0.717, 1.165) is 0 Å². The van der Waals surface area contributed by atoms with E-state index in [9.17, 15) is 15.0 Å². The van der Waals surface area contributed by atoms with Crippen molar-refractivity contribution in [3.8, 4) is 0 Å². The van der Waals surface area contributed by atoms with E-state index in [0.29, 0.717) is 9.35 Å². The summed E-state index contributed by atoms with van der Waals surface area (Å²) in [4.78, 5) is 23.1. The highest BCUT2D eigenvalue weighted by atomic mass is 127. The number of halogens is 1. The van der Waals surface area contributed by atoms with Gasteiger partial charge in [-0.25, -0.2) is 19.7 Å². The monoisotopic (exact) mass is 407 g/mol. The van der Waals surface area contributed by atoms with E-state index in [1.807, 2.05) is 22.6 Å². The fourth-order valence-electron chi connectivity index (χ4n) is 2.19. The number of aliphatic hydroxyl groups is 2. The second-order valence-electron chi connectivity index (χ2n) is 4.47. The predicted octanol–water partition coefficient (Wildman–Crippen LogP) is -1.28. The van der Waals surface area contributed by atoms with Gasteiger partial charge in [0, 0.05) is 22.6 Å². The minimum atomic E-state index is -1.55. The van der Waals surface area contributed by atoms with Crippen LogP contribution in [-0.4, -0.2) is 59.1 Å². The SMILES string of the molecule is Nc1nc(I)nc2c1ncn2[C@@H]1O[C@H](C(=O)O)[C@H](O)C1O. The minimum Gasteiger partial charge on any atom is -0.479 e. The Morgan fingerprint density at radius 1 is 1.38 bits per heavy atom. The third-order valence-electron chi connectivity index (χ3n) is 3.18. The summed E-state index contributed by atoms with van der Waals surface area (Å²) in [7, 11) is 0. The van der Waals surface area contributed by atoms with Crippen molar-refractivity contribution in [1.82, 2.24) is 19.5 Å². The van der Waals surface area contributed by atoms with Gasteiger partial charge in [-0.15, -0.1) is 0 Å². The number of carboxylic acids is 1. The molecule has 0 aliphatic carbocycles. The molecular weight excluding hydrogens is 397 g/mol. The fraction of sp³-hybridized carbons (Fsp3) is 0.400. The summed E-state index contributed by atoms with van der Waals surface area (Å²) in [5.74, 6) is -1.21. The van der Waals surface area contributed by atoms with Crippen molar-refractivity contribution < 1.29 is 24.9 Å². The molecule has 0 saturated carbocycles. The Balaban J connectivity index is 2.07. The van der Waals surface area contributed by atoms with Crippen molar-refractivity contribution in [3.63, 3.8) is 0 Å². The first-order valence-electron chi connectivity index (χ1n) is 5.80. The summed E-state index contributed by atoms with van der Waals surface area (Å²) in [5, 5.41) is 28.7. The second kappa shape index (κ2) is 5.01. The number of aromatic nitrogens is 4. The van der Waals surface area contributed by atoms with Crippen LogP contribution in [0.2, 0.25) is 0 Å². The number of nitrogens with zero attached hydrogens (tertiary/aromatic N) is 4. The highest BCUT2D eigenvalue weighted by molar-refractivity contribution is 14.1. The van der Waals surface area contributed by atoms with Crippen molar-refractivity contribution in [2.75, 3.05) is 5.73 Å². The molecule has 1 unspecified atom stereocenters. The van der Waals surface area contributed by atoms with Gasteiger partial charge in [-0.2, -0.15) is 0 Å². The van der Waals surface area contributed by atoms with Crippen LogP contribution in [0.4, 0.5) is 5.82 Å². The number of hydrogen-bond acceptors (Lipinski definition) is 8. The first-order chi connectivity index (χ1) is 9.90. The van der Waals surface area contributed by atoms with Gasteiger partial charge < -0.3 is 25.8 Å². The van der Waals surface area contributed by atoms with E-state index in [1.54, 1.807) is 0 Å². The molecule has 1 aliphatic rings. The zero-order chi connectivity index (χ0) is 15.3. The third-order valence-corrected chi connectivity index (χ3v) is 3.66. The summed E-state index contributed by atoms with van der Waals surface area (Å²) in [6.45, 7) is 0. The zero-order valence-electron chi connectivity index (χ0n) is 10.3. The highest BCUT2D eigenvalue weighted by Crippen LogP contribution is 2.32. The number of ether oxygens (including phenoxy) is 1. The van der Waals surface area contributed by atoms with Crippen LogP contribution in [0.5, 0.6) is 0 Å². The van der Waals surface area contributed by atoms with Crippen LogP contribution < -0.4 is 5.73 Å². The highest BCUT2D eigenvalue weighted by Gasteiger charge is 2.48. The van der Waals surface area contributed by atoms with Gasteiger partial charge >= 0.3 is 5.97 Å². The summed E-state index contributed by atoms with van der Waals surface area (Å²) >= 11 is 1.86. The Bertz CT molecular complexity index is 721. The number of anilines is 1. The fourth-order valence-corrected chi connectivity index (χ4v) is 2.68. The summed E-state index contributed by atoms with van der Waals surface area (Å²) in [6.07, 6.45) is -4.34. The van der Waals surface area contributed by atoms with E-state index < -0.39 is 30.5 Å². The lowest BCUT2D eigenvalue weighted by atomic mass is 10.1. The van der Waals surface area contributed by atoms with Crippen LogP contribution in [0.25, 0.3) is 11.2 Å². The van der Waals surface area contributed by atoms with Crippen molar-refractivity contribution in [3.05, 3.63) is 10.2 Å². The Labute approximate surface area is 130 Å². The number of imidazole rings is 1. The maximum absolute atomic E-state index is 11.0. The molecule has 2 aromatic heterocycles. The van der Waals surface area contributed by atoms with Crippen LogP contribution in [0.3, 0.4) is 0 Å². The maximum Gasteiger partial charge on any atom is 0.335 e. The average molecular weight is 407 g/mol. The topological polar surface area (TPSA) is 157 Å². The second-order valence-corrected chi connectivity index (χ2v) is 5.43. The van der Waals surface area contributed by atoms with E-state index in [-0.39, 0.29) is 11.5 Å². The average Bonchev–Trinajstić information content (AvgIpc) is 2.93. The van der Waals surface area contributed by atoms with Gasteiger partial charge in [-0.1, -0.05) is 0 Å². The van der Waals surface area contributed by atoms with Gasteiger partial charge in [0.15, 0.2) is 27.6 Å². The number of rotatable bonds is 2. The molecule has 11 heteroatoms. The van der Waals surface area contributed by atoms with Gasteiger partial charge in [0.1, 0.15) is 17.7 Å². The number of aliphatic carboxylic acids is 1. The van der Waals surface area contributed by atoms with Gasteiger partial charge in [0.2, 0.25) is 0 Å².